The summed E-state index contributed by atoms with van der Waals surface area (Å²) in [7, 11) is 0. The van der Waals surface area contributed by atoms with Gasteiger partial charge in [-0.3, -0.25) is 0 Å². The first-order valence-corrected chi connectivity index (χ1v) is 12.9. The molecule has 0 bridgehead atoms. The minimum atomic E-state index is -1.66. The summed E-state index contributed by atoms with van der Waals surface area (Å²) in [5.74, 6) is -1.24. The minimum Gasteiger partial charge on any atom is -0.417 e. The van der Waals surface area contributed by atoms with Crippen molar-refractivity contribution in [2.75, 3.05) is 19.8 Å². The first-order chi connectivity index (χ1) is 18.6. The van der Waals surface area contributed by atoms with Crippen molar-refractivity contribution >= 4 is 0 Å². The Hall–Kier alpha value is -3.84. The van der Waals surface area contributed by atoms with Gasteiger partial charge in [-0.2, -0.15) is 0 Å². The lowest BCUT2D eigenvalue weighted by atomic mass is 10.1. The van der Waals surface area contributed by atoms with Gasteiger partial charge in [0.2, 0.25) is 0 Å². The molecule has 0 fully saturated rings. The first-order valence-electron chi connectivity index (χ1n) is 12.9. The lowest BCUT2D eigenvalue weighted by molar-refractivity contribution is -0.389. The Bertz CT molecular complexity index is 1090. The lowest BCUT2D eigenvalue weighted by Gasteiger charge is -2.35. The van der Waals surface area contributed by atoms with E-state index < -0.39 is 11.9 Å². The van der Waals surface area contributed by atoms with Crippen molar-refractivity contribution in [2.45, 2.75) is 32.7 Å². The van der Waals surface area contributed by atoms with Crippen molar-refractivity contribution < 1.29 is 28.4 Å². The topological polar surface area (TPSA) is 55.4 Å². The van der Waals surface area contributed by atoms with E-state index in [0.717, 1.165) is 0 Å². The third kappa shape index (κ3) is 6.53. The molecule has 4 aromatic carbocycles. The summed E-state index contributed by atoms with van der Waals surface area (Å²) in [5.41, 5.74) is 1.33. The van der Waals surface area contributed by atoms with Crippen LogP contribution in [0.1, 0.15) is 31.9 Å². The van der Waals surface area contributed by atoms with Crippen LogP contribution in [0.3, 0.4) is 0 Å². The number of rotatable bonds is 14. The van der Waals surface area contributed by atoms with Crippen molar-refractivity contribution in [2.24, 2.45) is 0 Å². The molecular weight excluding hydrogens is 480 g/mol. The first kappa shape index (κ1) is 27.2. The molecule has 38 heavy (non-hydrogen) atoms. The molecule has 0 aliphatic carbocycles. The van der Waals surface area contributed by atoms with E-state index in [1.165, 1.54) is 0 Å². The highest BCUT2D eigenvalue weighted by Gasteiger charge is 2.43. The molecule has 0 radical (unpaired) electrons. The van der Waals surface area contributed by atoms with Crippen LogP contribution in [0.5, 0.6) is 17.2 Å². The second kappa shape index (κ2) is 13.1. The van der Waals surface area contributed by atoms with Gasteiger partial charge in [0.15, 0.2) is 0 Å². The third-order valence-electron chi connectivity index (χ3n) is 5.58. The second-order valence-corrected chi connectivity index (χ2v) is 8.23. The van der Waals surface area contributed by atoms with Crippen LogP contribution in [0.25, 0.3) is 0 Å². The van der Waals surface area contributed by atoms with E-state index in [4.69, 9.17) is 28.4 Å². The minimum absolute atomic E-state index is 0.414. The van der Waals surface area contributed by atoms with E-state index in [9.17, 15) is 0 Å². The summed E-state index contributed by atoms with van der Waals surface area (Å²) in [6, 6.07) is 35.8. The number of hydrogen-bond acceptors (Lipinski definition) is 6. The van der Waals surface area contributed by atoms with Gasteiger partial charge in [0, 0.05) is 25.4 Å². The fraction of sp³-hybridized carbons (Fsp3) is 0.250. The standard InChI is InChI=1S/C32H34O6/c1-4-33-31(34-5-2,35-6-3)26-22-24-27(25-23-26)32(36-28-16-10-7-11-17-28,37-29-18-12-8-13-19-29)38-30-20-14-9-15-21-30/h7-25H,4-6H2,1-3H3. The molecule has 4 aromatic rings. The van der Waals surface area contributed by atoms with Crippen molar-refractivity contribution in [1.82, 2.24) is 0 Å². The SMILES string of the molecule is CCOC(OCC)(OCC)c1ccc(C(Oc2ccccc2)(Oc2ccccc2)Oc2ccccc2)cc1. The summed E-state index contributed by atoms with van der Waals surface area (Å²) >= 11 is 0. The second-order valence-electron chi connectivity index (χ2n) is 8.23. The van der Waals surface area contributed by atoms with Crippen LogP contribution < -0.4 is 14.2 Å². The zero-order valence-electron chi connectivity index (χ0n) is 22.0. The number of benzene rings is 4. The molecule has 6 nitrogen and oxygen atoms in total. The largest absolute Gasteiger partial charge is 0.447 e. The summed E-state index contributed by atoms with van der Waals surface area (Å²) in [4.78, 5) is 0. The monoisotopic (exact) mass is 514 g/mol. The normalized spacial score (nSPS) is 11.7. The number of ether oxygens (including phenoxy) is 6. The van der Waals surface area contributed by atoms with Gasteiger partial charge in [0.1, 0.15) is 17.2 Å². The van der Waals surface area contributed by atoms with Crippen LogP contribution in [-0.2, 0) is 26.2 Å². The Balaban J connectivity index is 1.83. The quantitative estimate of drug-likeness (QED) is 0.165. The van der Waals surface area contributed by atoms with Crippen LogP contribution in [0.15, 0.2) is 115 Å². The summed E-state index contributed by atoms with van der Waals surface area (Å²) in [5, 5.41) is 0. The molecule has 0 heterocycles. The summed E-state index contributed by atoms with van der Waals surface area (Å²) in [6.07, 6.45) is 0. The van der Waals surface area contributed by atoms with Crippen molar-refractivity contribution in [1.29, 1.82) is 0 Å². The van der Waals surface area contributed by atoms with Gasteiger partial charge in [0.25, 0.3) is 0 Å². The van der Waals surface area contributed by atoms with Crippen molar-refractivity contribution in [3.05, 3.63) is 126 Å². The Morgan fingerprint density at radius 3 is 0.974 bits per heavy atom. The van der Waals surface area contributed by atoms with E-state index in [-0.39, 0.29) is 0 Å². The van der Waals surface area contributed by atoms with Crippen LogP contribution in [0, 0.1) is 0 Å². The molecule has 6 heteroatoms. The van der Waals surface area contributed by atoms with E-state index in [0.29, 0.717) is 48.2 Å². The zero-order valence-corrected chi connectivity index (χ0v) is 22.0. The predicted molar refractivity (Wildman–Crippen MR) is 146 cm³/mol. The molecule has 0 saturated carbocycles. The molecule has 0 aliphatic rings. The van der Waals surface area contributed by atoms with Crippen LogP contribution in [-0.4, -0.2) is 19.8 Å². The van der Waals surface area contributed by atoms with E-state index in [1.54, 1.807) is 0 Å². The molecule has 4 rings (SSSR count). The smallest absolute Gasteiger partial charge is 0.417 e. The zero-order chi connectivity index (χ0) is 26.7. The van der Waals surface area contributed by atoms with Crippen LogP contribution >= 0.6 is 0 Å². The molecule has 0 unspecified atom stereocenters. The Labute approximate surface area is 224 Å². The van der Waals surface area contributed by atoms with Gasteiger partial charge in [-0.05, 0) is 69.3 Å². The molecule has 0 saturated heterocycles. The lowest BCUT2D eigenvalue weighted by Crippen LogP contribution is -2.45. The van der Waals surface area contributed by atoms with Gasteiger partial charge < -0.3 is 28.4 Å². The Kier molecular flexibility index (Phi) is 9.38. The molecular formula is C32H34O6. The predicted octanol–water partition coefficient (Wildman–Crippen LogP) is 7.25. The molecule has 0 spiro atoms. The Morgan fingerprint density at radius 1 is 0.395 bits per heavy atom. The summed E-state index contributed by atoms with van der Waals surface area (Å²) in [6.45, 7) is 6.95. The fourth-order valence-corrected chi connectivity index (χ4v) is 3.99. The maximum absolute atomic E-state index is 6.53. The average Bonchev–Trinajstić information content (AvgIpc) is 2.95. The highest BCUT2D eigenvalue weighted by molar-refractivity contribution is 5.33. The van der Waals surface area contributed by atoms with Gasteiger partial charge in [-0.15, -0.1) is 0 Å². The van der Waals surface area contributed by atoms with Crippen LogP contribution in [0.4, 0.5) is 0 Å². The van der Waals surface area contributed by atoms with Crippen molar-refractivity contribution in [3.8, 4) is 17.2 Å². The van der Waals surface area contributed by atoms with Gasteiger partial charge in [-0.25, -0.2) is 0 Å². The average molecular weight is 515 g/mol. The van der Waals surface area contributed by atoms with Crippen LogP contribution in [0.2, 0.25) is 0 Å². The molecule has 0 aromatic heterocycles. The van der Waals surface area contributed by atoms with Gasteiger partial charge in [-0.1, -0.05) is 66.7 Å². The summed E-state index contributed by atoms with van der Waals surface area (Å²) < 4.78 is 37.5. The highest BCUT2D eigenvalue weighted by atomic mass is 16.9. The molecule has 198 valence electrons. The number of para-hydroxylation sites is 3. The van der Waals surface area contributed by atoms with Crippen molar-refractivity contribution in [3.63, 3.8) is 0 Å². The molecule has 0 amide bonds. The van der Waals surface area contributed by atoms with E-state index in [2.05, 4.69) is 0 Å². The maximum Gasteiger partial charge on any atom is 0.447 e. The van der Waals surface area contributed by atoms with Gasteiger partial charge in [0.05, 0.1) is 5.56 Å². The molecule has 0 atom stereocenters. The maximum atomic E-state index is 6.53. The number of hydrogen-bond donors (Lipinski definition) is 0. The molecule has 0 aliphatic heterocycles. The van der Waals surface area contributed by atoms with E-state index in [1.807, 2.05) is 136 Å². The van der Waals surface area contributed by atoms with Gasteiger partial charge >= 0.3 is 11.9 Å². The third-order valence-corrected chi connectivity index (χ3v) is 5.58. The molecule has 0 N–H and O–H groups in total. The van der Waals surface area contributed by atoms with E-state index >= 15 is 0 Å². The highest BCUT2D eigenvalue weighted by Crippen LogP contribution is 2.36. The fourth-order valence-electron chi connectivity index (χ4n) is 3.99. The Morgan fingerprint density at radius 2 is 0.684 bits per heavy atom.